The topological polar surface area (TPSA) is 57.4 Å². The van der Waals surface area contributed by atoms with E-state index in [9.17, 15) is 0 Å². The molecular weight excluding hydrogens is 338 g/mol. The van der Waals surface area contributed by atoms with Crippen LogP contribution in [-0.4, -0.2) is 54.8 Å². The Morgan fingerprint density at radius 1 is 1.28 bits per heavy atom. The summed E-state index contributed by atoms with van der Waals surface area (Å²) in [4.78, 5) is 9.24. The number of hydrogen-bond donors (Lipinski definition) is 1. The van der Waals surface area contributed by atoms with Crippen LogP contribution in [-0.2, 0) is 0 Å². The molecule has 2 aromatic rings. The summed E-state index contributed by atoms with van der Waals surface area (Å²) in [7, 11) is 2.10. The number of benzene rings is 1. The van der Waals surface area contributed by atoms with Crippen LogP contribution in [0.15, 0.2) is 28.8 Å². The lowest BCUT2D eigenvalue weighted by Gasteiger charge is -2.30. The molecule has 0 bridgehead atoms. The Kier molecular flexibility index (Phi) is 7.23. The van der Waals surface area contributed by atoms with E-state index in [1.165, 1.54) is 5.69 Å². The van der Waals surface area contributed by atoms with Gasteiger partial charge in [0.25, 0.3) is 5.89 Å². The number of nitrogens with zero attached hydrogens (tertiary/aromatic N) is 4. The van der Waals surface area contributed by atoms with E-state index in [0.717, 1.165) is 50.5 Å². The summed E-state index contributed by atoms with van der Waals surface area (Å²) in [6.07, 6.45) is 1.14. The molecule has 0 spiro atoms. The lowest BCUT2D eigenvalue weighted by molar-refractivity contribution is 0.190. The van der Waals surface area contributed by atoms with Gasteiger partial charge in [0.05, 0.1) is 6.04 Å². The standard InChI is InChI=1S/C18H27N5O.ClH/c1-4-11-23(5-2)15-8-6-14(7-9-15)18-20-17(21-24-18)16-13-19-10-12-22(16)3;/h6-9,16,19H,4-5,10-13H2,1-3H3;1H. The van der Waals surface area contributed by atoms with Gasteiger partial charge in [0.1, 0.15) is 0 Å². The van der Waals surface area contributed by atoms with Crippen molar-refractivity contribution in [2.45, 2.75) is 26.3 Å². The molecule has 1 aliphatic heterocycles. The van der Waals surface area contributed by atoms with Gasteiger partial charge in [-0.15, -0.1) is 12.4 Å². The Hall–Kier alpha value is -1.63. The molecule has 1 saturated heterocycles. The smallest absolute Gasteiger partial charge is 0.257 e. The largest absolute Gasteiger partial charge is 0.372 e. The number of rotatable bonds is 6. The Bertz CT molecular complexity index is 645. The van der Waals surface area contributed by atoms with Crippen LogP contribution >= 0.6 is 12.4 Å². The van der Waals surface area contributed by atoms with Crippen molar-refractivity contribution in [3.05, 3.63) is 30.1 Å². The molecule has 1 aliphatic rings. The van der Waals surface area contributed by atoms with E-state index in [-0.39, 0.29) is 18.4 Å². The summed E-state index contributed by atoms with van der Waals surface area (Å²) < 4.78 is 5.50. The van der Waals surface area contributed by atoms with Crippen molar-refractivity contribution >= 4 is 18.1 Å². The number of aromatic nitrogens is 2. The van der Waals surface area contributed by atoms with Gasteiger partial charge in [-0.1, -0.05) is 12.1 Å². The third kappa shape index (κ3) is 4.51. The van der Waals surface area contributed by atoms with E-state index in [4.69, 9.17) is 4.52 Å². The molecular formula is C18H28ClN5O. The summed E-state index contributed by atoms with van der Waals surface area (Å²) in [6.45, 7) is 9.33. The first kappa shape index (κ1) is 19.7. The molecule has 1 aromatic heterocycles. The van der Waals surface area contributed by atoms with Crippen molar-refractivity contribution in [2.24, 2.45) is 0 Å². The number of piperazine rings is 1. The highest BCUT2D eigenvalue weighted by molar-refractivity contribution is 5.85. The van der Waals surface area contributed by atoms with Crippen molar-refractivity contribution in [3.63, 3.8) is 0 Å². The van der Waals surface area contributed by atoms with Gasteiger partial charge in [-0.25, -0.2) is 0 Å². The number of nitrogens with one attached hydrogen (secondary N) is 1. The zero-order chi connectivity index (χ0) is 16.9. The van der Waals surface area contributed by atoms with Gasteiger partial charge in [-0.3, -0.25) is 4.90 Å². The van der Waals surface area contributed by atoms with Crippen LogP contribution in [0.5, 0.6) is 0 Å². The molecule has 1 atom stereocenters. The summed E-state index contributed by atoms with van der Waals surface area (Å²) in [6, 6.07) is 8.57. The second-order valence-corrected chi connectivity index (χ2v) is 6.28. The molecule has 1 unspecified atom stereocenters. The number of likely N-dealkylation sites (N-methyl/N-ethyl adjacent to an activating group) is 1. The average molecular weight is 366 g/mol. The maximum atomic E-state index is 5.50. The van der Waals surface area contributed by atoms with E-state index < -0.39 is 0 Å². The van der Waals surface area contributed by atoms with Crippen LogP contribution < -0.4 is 10.2 Å². The monoisotopic (exact) mass is 365 g/mol. The Labute approximate surface area is 156 Å². The highest BCUT2D eigenvalue weighted by atomic mass is 35.5. The van der Waals surface area contributed by atoms with Crippen LogP contribution in [0.2, 0.25) is 0 Å². The minimum Gasteiger partial charge on any atom is -0.372 e. The molecule has 1 N–H and O–H groups in total. The Morgan fingerprint density at radius 2 is 2.04 bits per heavy atom. The van der Waals surface area contributed by atoms with E-state index >= 15 is 0 Å². The summed E-state index contributed by atoms with van der Waals surface area (Å²) in [5.41, 5.74) is 2.20. The third-order valence-corrected chi connectivity index (χ3v) is 4.61. The second-order valence-electron chi connectivity index (χ2n) is 6.28. The number of halogens is 1. The van der Waals surface area contributed by atoms with Crippen LogP contribution in [0.3, 0.4) is 0 Å². The first-order valence-electron chi connectivity index (χ1n) is 8.82. The fourth-order valence-electron chi connectivity index (χ4n) is 3.14. The molecule has 3 rings (SSSR count). The molecule has 0 radical (unpaired) electrons. The lowest BCUT2D eigenvalue weighted by atomic mass is 10.1. The van der Waals surface area contributed by atoms with Gasteiger partial charge in [0, 0.05) is 44.0 Å². The van der Waals surface area contributed by atoms with Crippen LogP contribution in [0.1, 0.15) is 32.1 Å². The molecule has 2 heterocycles. The number of anilines is 1. The van der Waals surface area contributed by atoms with Gasteiger partial charge in [-0.2, -0.15) is 4.98 Å². The minimum atomic E-state index is 0. The van der Waals surface area contributed by atoms with Crippen molar-refractivity contribution in [1.82, 2.24) is 20.4 Å². The normalized spacial score (nSPS) is 18.0. The van der Waals surface area contributed by atoms with Crippen molar-refractivity contribution in [2.75, 3.05) is 44.7 Å². The molecule has 138 valence electrons. The predicted molar refractivity (Wildman–Crippen MR) is 103 cm³/mol. The number of hydrogen-bond acceptors (Lipinski definition) is 6. The molecule has 0 amide bonds. The minimum absolute atomic E-state index is 0. The van der Waals surface area contributed by atoms with Crippen molar-refractivity contribution < 1.29 is 4.52 Å². The average Bonchev–Trinajstić information content (AvgIpc) is 3.10. The van der Waals surface area contributed by atoms with Crippen LogP contribution in [0.4, 0.5) is 5.69 Å². The summed E-state index contributed by atoms with van der Waals surface area (Å²) in [5, 5.41) is 7.57. The first-order valence-corrected chi connectivity index (χ1v) is 8.82. The first-order chi connectivity index (χ1) is 11.7. The molecule has 1 fully saturated rings. The van der Waals surface area contributed by atoms with Crippen LogP contribution in [0.25, 0.3) is 11.5 Å². The third-order valence-electron chi connectivity index (χ3n) is 4.61. The lowest BCUT2D eigenvalue weighted by Crippen LogP contribution is -2.44. The molecule has 25 heavy (non-hydrogen) atoms. The van der Waals surface area contributed by atoms with E-state index in [1.807, 2.05) is 0 Å². The molecule has 6 nitrogen and oxygen atoms in total. The van der Waals surface area contributed by atoms with Crippen molar-refractivity contribution in [3.8, 4) is 11.5 Å². The van der Waals surface area contributed by atoms with E-state index in [0.29, 0.717) is 5.89 Å². The van der Waals surface area contributed by atoms with Crippen molar-refractivity contribution in [1.29, 1.82) is 0 Å². The summed E-state index contributed by atoms with van der Waals surface area (Å²) >= 11 is 0. The maximum absolute atomic E-state index is 5.50. The van der Waals surface area contributed by atoms with E-state index in [2.05, 4.69) is 70.4 Å². The highest BCUT2D eigenvalue weighted by Gasteiger charge is 2.25. The fourth-order valence-corrected chi connectivity index (χ4v) is 3.14. The summed E-state index contributed by atoms with van der Waals surface area (Å²) in [5.74, 6) is 1.35. The molecule has 0 saturated carbocycles. The molecule has 7 heteroatoms. The van der Waals surface area contributed by atoms with E-state index in [1.54, 1.807) is 0 Å². The second kappa shape index (κ2) is 9.17. The van der Waals surface area contributed by atoms with Gasteiger partial charge < -0.3 is 14.7 Å². The zero-order valence-electron chi connectivity index (χ0n) is 15.2. The quantitative estimate of drug-likeness (QED) is 0.849. The Morgan fingerprint density at radius 3 is 2.68 bits per heavy atom. The van der Waals surface area contributed by atoms with Gasteiger partial charge in [0.15, 0.2) is 5.82 Å². The van der Waals surface area contributed by atoms with Gasteiger partial charge >= 0.3 is 0 Å². The van der Waals surface area contributed by atoms with Crippen LogP contribution in [0, 0.1) is 0 Å². The van der Waals surface area contributed by atoms with Gasteiger partial charge in [0.2, 0.25) is 0 Å². The molecule has 1 aromatic carbocycles. The van der Waals surface area contributed by atoms with Gasteiger partial charge in [-0.05, 0) is 44.7 Å². The predicted octanol–water partition coefficient (Wildman–Crippen LogP) is 2.97. The maximum Gasteiger partial charge on any atom is 0.257 e. The highest BCUT2D eigenvalue weighted by Crippen LogP contribution is 2.25. The fraction of sp³-hybridized carbons (Fsp3) is 0.556. The SMILES string of the molecule is CCCN(CC)c1ccc(-c2nc(C3CNCCN3C)no2)cc1.Cl. The zero-order valence-corrected chi connectivity index (χ0v) is 16.1. The molecule has 0 aliphatic carbocycles. The Balaban J connectivity index is 0.00000225.